The van der Waals surface area contributed by atoms with Crippen LogP contribution in [0.3, 0.4) is 0 Å². The first-order chi connectivity index (χ1) is 12.3. The summed E-state index contributed by atoms with van der Waals surface area (Å²) in [7, 11) is 0. The van der Waals surface area contributed by atoms with E-state index in [2.05, 4.69) is 20.4 Å². The highest BCUT2D eigenvalue weighted by molar-refractivity contribution is 6.30. The molecule has 1 N–H and O–H groups in total. The van der Waals surface area contributed by atoms with Gasteiger partial charge in [-0.3, -0.25) is 0 Å². The first kappa shape index (κ1) is 15.6. The van der Waals surface area contributed by atoms with Crippen LogP contribution in [-0.4, -0.2) is 21.7 Å². The molecule has 25 heavy (non-hydrogen) atoms. The monoisotopic (exact) mass is 350 g/mol. The topological polar surface area (TPSA) is 63.8 Å². The molecule has 6 heteroatoms. The number of nitrogens with zero attached hydrogens (tertiary/aromatic N) is 3. The number of fused-ring (bicyclic) bond motifs is 1. The lowest BCUT2D eigenvalue weighted by molar-refractivity contribution is 0.459. The molecule has 124 valence electrons. The molecule has 0 fully saturated rings. The minimum Gasteiger partial charge on any atom is -0.366 e. The van der Waals surface area contributed by atoms with Crippen molar-refractivity contribution >= 4 is 28.5 Å². The number of benzene rings is 2. The van der Waals surface area contributed by atoms with Gasteiger partial charge in [0.1, 0.15) is 17.5 Å². The van der Waals surface area contributed by atoms with E-state index in [-0.39, 0.29) is 0 Å². The number of anilines is 1. The smallest absolute Gasteiger partial charge is 0.228 e. The zero-order valence-corrected chi connectivity index (χ0v) is 14.1. The number of rotatable bonds is 5. The number of aromatic nitrogens is 3. The van der Waals surface area contributed by atoms with E-state index in [0.29, 0.717) is 16.9 Å². The Hall–Kier alpha value is -2.92. The Kier molecular flexibility index (Phi) is 4.31. The van der Waals surface area contributed by atoms with Gasteiger partial charge in [-0.2, -0.15) is 0 Å². The van der Waals surface area contributed by atoms with E-state index >= 15 is 0 Å². The van der Waals surface area contributed by atoms with Crippen LogP contribution < -0.4 is 5.32 Å². The van der Waals surface area contributed by atoms with E-state index in [1.807, 2.05) is 54.6 Å². The average Bonchev–Trinajstić information content (AvgIpc) is 3.09. The van der Waals surface area contributed by atoms with Gasteiger partial charge in [0.15, 0.2) is 5.82 Å². The summed E-state index contributed by atoms with van der Waals surface area (Å²) in [5.74, 6) is 0.647. The average molecular weight is 351 g/mol. The second-order valence-electron chi connectivity index (χ2n) is 5.60. The summed E-state index contributed by atoms with van der Waals surface area (Å²) in [6, 6.07) is 17.7. The first-order valence-electron chi connectivity index (χ1n) is 7.95. The highest BCUT2D eigenvalue weighted by atomic mass is 35.5. The molecule has 0 saturated heterocycles. The van der Waals surface area contributed by atoms with Crippen LogP contribution in [0.1, 0.15) is 5.56 Å². The molecule has 2 aromatic carbocycles. The third-order valence-electron chi connectivity index (χ3n) is 3.92. The summed E-state index contributed by atoms with van der Waals surface area (Å²) in [6.45, 7) is 0.717. The standard InChI is InChI=1S/C19H15ClN4O/c20-15-8-6-13(7-9-15)10-11-21-19-18-17(22-12-23-19)16(24-25-18)14-4-2-1-3-5-14/h1-9,12H,10-11H2,(H,21,22,23). The number of hydrogen-bond donors (Lipinski definition) is 1. The summed E-state index contributed by atoms with van der Waals surface area (Å²) < 4.78 is 5.50. The van der Waals surface area contributed by atoms with Gasteiger partial charge in [0.2, 0.25) is 5.58 Å². The van der Waals surface area contributed by atoms with Crippen LogP contribution in [0.15, 0.2) is 65.4 Å². The fourth-order valence-electron chi connectivity index (χ4n) is 2.65. The molecule has 0 atom stereocenters. The second kappa shape index (κ2) is 6.91. The lowest BCUT2D eigenvalue weighted by Crippen LogP contribution is -2.06. The maximum Gasteiger partial charge on any atom is 0.228 e. The molecular weight excluding hydrogens is 336 g/mol. The zero-order valence-electron chi connectivity index (χ0n) is 13.3. The van der Waals surface area contributed by atoms with Gasteiger partial charge in [-0.1, -0.05) is 59.2 Å². The van der Waals surface area contributed by atoms with Gasteiger partial charge in [-0.15, -0.1) is 0 Å². The molecule has 0 aliphatic carbocycles. The largest absolute Gasteiger partial charge is 0.366 e. The predicted octanol–water partition coefficient (Wildman–Crippen LogP) is 4.59. The third kappa shape index (κ3) is 3.32. The minimum atomic E-state index is 0.567. The molecule has 2 aromatic heterocycles. The molecule has 4 rings (SSSR count). The van der Waals surface area contributed by atoms with Crippen molar-refractivity contribution in [2.24, 2.45) is 0 Å². The van der Waals surface area contributed by atoms with Crippen molar-refractivity contribution in [2.75, 3.05) is 11.9 Å². The van der Waals surface area contributed by atoms with Crippen molar-refractivity contribution in [3.05, 3.63) is 71.5 Å². The lowest BCUT2D eigenvalue weighted by atomic mass is 10.1. The number of halogens is 1. The molecule has 5 nitrogen and oxygen atoms in total. The molecule has 0 radical (unpaired) electrons. The summed E-state index contributed by atoms with van der Waals surface area (Å²) in [5.41, 5.74) is 4.16. The first-order valence-corrected chi connectivity index (χ1v) is 8.33. The van der Waals surface area contributed by atoms with E-state index in [4.69, 9.17) is 16.1 Å². The van der Waals surface area contributed by atoms with Gasteiger partial charge in [-0.05, 0) is 24.1 Å². The van der Waals surface area contributed by atoms with Crippen LogP contribution in [0.25, 0.3) is 22.4 Å². The summed E-state index contributed by atoms with van der Waals surface area (Å²) >= 11 is 5.91. The highest BCUT2D eigenvalue weighted by Gasteiger charge is 2.15. The fourth-order valence-corrected chi connectivity index (χ4v) is 2.78. The molecule has 2 heterocycles. The molecule has 0 saturated carbocycles. The Morgan fingerprint density at radius 3 is 2.56 bits per heavy atom. The molecule has 0 amide bonds. The third-order valence-corrected chi connectivity index (χ3v) is 4.17. The Labute approximate surface area is 149 Å². The maximum absolute atomic E-state index is 5.91. The van der Waals surface area contributed by atoms with Gasteiger partial charge in [0, 0.05) is 17.1 Å². The van der Waals surface area contributed by atoms with Gasteiger partial charge < -0.3 is 9.84 Å². The normalized spacial score (nSPS) is 10.9. The summed E-state index contributed by atoms with van der Waals surface area (Å²) in [5, 5.41) is 8.21. The predicted molar refractivity (Wildman–Crippen MR) is 98.7 cm³/mol. The maximum atomic E-state index is 5.91. The van der Waals surface area contributed by atoms with Crippen molar-refractivity contribution < 1.29 is 4.52 Å². The van der Waals surface area contributed by atoms with E-state index < -0.39 is 0 Å². The van der Waals surface area contributed by atoms with E-state index in [0.717, 1.165) is 29.2 Å². The molecule has 0 aliphatic heterocycles. The fraction of sp³-hybridized carbons (Fsp3) is 0.105. The SMILES string of the molecule is Clc1ccc(CCNc2ncnc3c(-c4ccccc4)noc23)cc1. The summed E-state index contributed by atoms with van der Waals surface area (Å²) in [4.78, 5) is 8.61. The minimum absolute atomic E-state index is 0.567. The van der Waals surface area contributed by atoms with Crippen LogP contribution in [0, 0.1) is 0 Å². The molecular formula is C19H15ClN4O. The highest BCUT2D eigenvalue weighted by Crippen LogP contribution is 2.29. The van der Waals surface area contributed by atoms with Crippen molar-refractivity contribution in [3.63, 3.8) is 0 Å². The lowest BCUT2D eigenvalue weighted by Gasteiger charge is -2.05. The van der Waals surface area contributed by atoms with Gasteiger partial charge in [-0.25, -0.2) is 9.97 Å². The van der Waals surface area contributed by atoms with E-state index in [1.54, 1.807) is 0 Å². The van der Waals surface area contributed by atoms with Crippen molar-refractivity contribution in [2.45, 2.75) is 6.42 Å². The number of nitrogens with one attached hydrogen (secondary N) is 1. The van der Waals surface area contributed by atoms with Crippen molar-refractivity contribution in [1.29, 1.82) is 0 Å². The number of hydrogen-bond acceptors (Lipinski definition) is 5. The van der Waals surface area contributed by atoms with Crippen LogP contribution in [0.4, 0.5) is 5.82 Å². The van der Waals surface area contributed by atoms with E-state index in [1.165, 1.54) is 11.9 Å². The second-order valence-corrected chi connectivity index (χ2v) is 6.04. The quantitative estimate of drug-likeness (QED) is 0.570. The summed E-state index contributed by atoms with van der Waals surface area (Å²) in [6.07, 6.45) is 2.37. The Morgan fingerprint density at radius 1 is 0.960 bits per heavy atom. The van der Waals surface area contributed by atoms with Crippen LogP contribution in [-0.2, 0) is 6.42 Å². The Balaban J connectivity index is 1.54. The van der Waals surface area contributed by atoms with Crippen molar-refractivity contribution in [3.8, 4) is 11.3 Å². The Bertz CT molecular complexity index is 983. The van der Waals surface area contributed by atoms with Gasteiger partial charge >= 0.3 is 0 Å². The van der Waals surface area contributed by atoms with Crippen LogP contribution >= 0.6 is 11.6 Å². The molecule has 0 aliphatic rings. The van der Waals surface area contributed by atoms with Crippen molar-refractivity contribution in [1.82, 2.24) is 15.1 Å². The molecule has 0 spiro atoms. The molecule has 4 aromatic rings. The van der Waals surface area contributed by atoms with Gasteiger partial charge in [0.05, 0.1) is 0 Å². The van der Waals surface area contributed by atoms with Crippen LogP contribution in [0.5, 0.6) is 0 Å². The van der Waals surface area contributed by atoms with Gasteiger partial charge in [0.25, 0.3) is 0 Å². The zero-order chi connectivity index (χ0) is 17.1. The van der Waals surface area contributed by atoms with E-state index in [9.17, 15) is 0 Å². The Morgan fingerprint density at radius 2 is 1.76 bits per heavy atom. The molecule has 0 bridgehead atoms. The molecule has 0 unspecified atom stereocenters. The van der Waals surface area contributed by atoms with Crippen LogP contribution in [0.2, 0.25) is 5.02 Å².